The molecular weight excluding hydrogens is 358 g/mol. The van der Waals surface area contributed by atoms with Crippen LogP contribution in [0.5, 0.6) is 0 Å². The van der Waals surface area contributed by atoms with E-state index in [0.717, 1.165) is 19.4 Å². The van der Waals surface area contributed by atoms with Crippen LogP contribution >= 0.6 is 23.7 Å². The number of hydrogen-bond donors (Lipinski definition) is 3. The zero-order valence-corrected chi connectivity index (χ0v) is 15.6. The molecule has 2 unspecified atom stereocenters. The standard InChI is InChI=1S/C18H21N3O2S.ClH/c1-12-10-15(7-8-19-12)20-17(22)13-4-2-5-14(11-13)21-18(23)16-6-3-9-24-16;/h2-6,9,11-12,15,19H,7-8,10H2,1H3,(H,20,22)(H,21,23);1H. The Morgan fingerprint density at radius 2 is 2.04 bits per heavy atom. The highest BCUT2D eigenvalue weighted by Gasteiger charge is 2.20. The molecular formula is C18H22ClN3O2S. The molecule has 3 rings (SSSR count). The maximum absolute atomic E-state index is 12.4. The Morgan fingerprint density at radius 1 is 1.20 bits per heavy atom. The van der Waals surface area contributed by atoms with Crippen LogP contribution in [0.4, 0.5) is 5.69 Å². The van der Waals surface area contributed by atoms with E-state index in [1.807, 2.05) is 11.4 Å². The van der Waals surface area contributed by atoms with Crippen molar-refractivity contribution in [2.45, 2.75) is 31.8 Å². The summed E-state index contributed by atoms with van der Waals surface area (Å²) in [4.78, 5) is 25.2. The molecule has 1 aromatic carbocycles. The molecule has 5 nitrogen and oxygen atoms in total. The van der Waals surface area contributed by atoms with Gasteiger partial charge in [-0.1, -0.05) is 12.1 Å². The fourth-order valence-corrected chi connectivity index (χ4v) is 3.49. The second-order valence-corrected chi connectivity index (χ2v) is 7.01. The van der Waals surface area contributed by atoms with Crippen LogP contribution in [0.25, 0.3) is 0 Å². The fraction of sp³-hybridized carbons (Fsp3) is 0.333. The molecule has 25 heavy (non-hydrogen) atoms. The van der Waals surface area contributed by atoms with Crippen LogP contribution in [0.3, 0.4) is 0 Å². The van der Waals surface area contributed by atoms with Crippen LogP contribution in [-0.4, -0.2) is 30.4 Å². The first-order valence-corrected chi connectivity index (χ1v) is 8.99. The smallest absolute Gasteiger partial charge is 0.265 e. The number of carbonyl (C=O) groups excluding carboxylic acids is 2. The second-order valence-electron chi connectivity index (χ2n) is 6.06. The molecule has 1 aliphatic rings. The van der Waals surface area contributed by atoms with Gasteiger partial charge in [0, 0.05) is 23.3 Å². The third-order valence-electron chi connectivity index (χ3n) is 4.09. The van der Waals surface area contributed by atoms with Crippen molar-refractivity contribution in [3.05, 3.63) is 52.2 Å². The van der Waals surface area contributed by atoms with Crippen molar-refractivity contribution < 1.29 is 9.59 Å². The second kappa shape index (κ2) is 8.99. The zero-order valence-electron chi connectivity index (χ0n) is 14.0. The highest BCUT2D eigenvalue weighted by Crippen LogP contribution is 2.16. The Hall–Kier alpha value is -1.89. The molecule has 2 heterocycles. The SMILES string of the molecule is CC1CC(NC(=O)c2cccc(NC(=O)c3cccs3)c2)CCN1.Cl. The van der Waals surface area contributed by atoms with Gasteiger partial charge in [0.25, 0.3) is 11.8 Å². The summed E-state index contributed by atoms with van der Waals surface area (Å²) in [7, 11) is 0. The Kier molecular flexibility index (Phi) is 6.99. The third kappa shape index (κ3) is 5.29. The van der Waals surface area contributed by atoms with Gasteiger partial charge in [-0.2, -0.15) is 0 Å². The van der Waals surface area contributed by atoms with E-state index in [2.05, 4.69) is 22.9 Å². The van der Waals surface area contributed by atoms with Gasteiger partial charge in [-0.25, -0.2) is 0 Å². The number of anilines is 1. The average molecular weight is 380 g/mol. The number of benzene rings is 1. The number of piperidine rings is 1. The summed E-state index contributed by atoms with van der Waals surface area (Å²) in [5.74, 6) is -0.254. The molecule has 2 aromatic rings. The summed E-state index contributed by atoms with van der Waals surface area (Å²) in [5, 5.41) is 11.1. The molecule has 0 radical (unpaired) electrons. The minimum Gasteiger partial charge on any atom is -0.349 e. The lowest BCUT2D eigenvalue weighted by molar-refractivity contribution is 0.0924. The fourth-order valence-electron chi connectivity index (χ4n) is 2.87. The summed E-state index contributed by atoms with van der Waals surface area (Å²) in [6.45, 7) is 3.04. The number of nitrogens with one attached hydrogen (secondary N) is 3. The van der Waals surface area contributed by atoms with E-state index < -0.39 is 0 Å². The van der Waals surface area contributed by atoms with Gasteiger partial charge in [0.1, 0.15) is 0 Å². The van der Waals surface area contributed by atoms with Gasteiger partial charge in [-0.3, -0.25) is 9.59 Å². The molecule has 0 aliphatic carbocycles. The van der Waals surface area contributed by atoms with Gasteiger partial charge >= 0.3 is 0 Å². The largest absolute Gasteiger partial charge is 0.349 e. The zero-order chi connectivity index (χ0) is 16.9. The van der Waals surface area contributed by atoms with Crippen molar-refractivity contribution in [2.75, 3.05) is 11.9 Å². The Balaban J connectivity index is 0.00000225. The van der Waals surface area contributed by atoms with Crippen molar-refractivity contribution >= 4 is 41.2 Å². The van der Waals surface area contributed by atoms with Crippen molar-refractivity contribution in [1.82, 2.24) is 10.6 Å². The number of thiophene rings is 1. The molecule has 2 atom stereocenters. The van der Waals surface area contributed by atoms with E-state index in [0.29, 0.717) is 22.2 Å². The van der Waals surface area contributed by atoms with E-state index >= 15 is 0 Å². The lowest BCUT2D eigenvalue weighted by Gasteiger charge is -2.28. The van der Waals surface area contributed by atoms with Gasteiger partial charge in [0.2, 0.25) is 0 Å². The lowest BCUT2D eigenvalue weighted by atomic mass is 10.00. The topological polar surface area (TPSA) is 70.2 Å². The quantitative estimate of drug-likeness (QED) is 0.763. The molecule has 1 saturated heterocycles. The number of halogens is 1. The van der Waals surface area contributed by atoms with Crippen LogP contribution in [-0.2, 0) is 0 Å². The summed E-state index contributed by atoms with van der Waals surface area (Å²) < 4.78 is 0. The van der Waals surface area contributed by atoms with Gasteiger partial charge < -0.3 is 16.0 Å². The first-order valence-electron chi connectivity index (χ1n) is 8.11. The normalized spacial score (nSPS) is 19.6. The minimum absolute atomic E-state index is 0. The maximum Gasteiger partial charge on any atom is 0.265 e. The number of amides is 2. The molecule has 2 amide bonds. The number of hydrogen-bond acceptors (Lipinski definition) is 4. The van der Waals surface area contributed by atoms with Gasteiger partial charge in [-0.05, 0) is 56.0 Å². The van der Waals surface area contributed by atoms with E-state index in [1.54, 1.807) is 30.3 Å². The van der Waals surface area contributed by atoms with Crippen LogP contribution in [0.1, 0.15) is 39.8 Å². The minimum atomic E-state index is -0.158. The van der Waals surface area contributed by atoms with E-state index in [4.69, 9.17) is 0 Å². The molecule has 0 spiro atoms. The summed E-state index contributed by atoms with van der Waals surface area (Å²) >= 11 is 1.39. The maximum atomic E-state index is 12.4. The Morgan fingerprint density at radius 3 is 2.76 bits per heavy atom. The molecule has 1 aromatic heterocycles. The number of carbonyl (C=O) groups is 2. The molecule has 1 fully saturated rings. The average Bonchev–Trinajstić information content (AvgIpc) is 3.10. The van der Waals surface area contributed by atoms with Crippen molar-refractivity contribution in [1.29, 1.82) is 0 Å². The number of rotatable bonds is 4. The predicted molar refractivity (Wildman–Crippen MR) is 104 cm³/mol. The van der Waals surface area contributed by atoms with Crippen LogP contribution in [0.15, 0.2) is 41.8 Å². The highest BCUT2D eigenvalue weighted by molar-refractivity contribution is 7.12. The first-order chi connectivity index (χ1) is 11.6. The summed E-state index contributed by atoms with van der Waals surface area (Å²) in [6.07, 6.45) is 1.87. The van der Waals surface area contributed by atoms with Crippen LogP contribution in [0, 0.1) is 0 Å². The van der Waals surface area contributed by atoms with Crippen molar-refractivity contribution in [2.24, 2.45) is 0 Å². The van der Waals surface area contributed by atoms with Crippen molar-refractivity contribution in [3.63, 3.8) is 0 Å². The van der Waals surface area contributed by atoms with Gasteiger partial charge in [0.05, 0.1) is 4.88 Å². The predicted octanol–water partition coefficient (Wildman–Crippen LogP) is 3.29. The molecule has 0 saturated carbocycles. The molecule has 7 heteroatoms. The summed E-state index contributed by atoms with van der Waals surface area (Å²) in [6, 6.07) is 11.3. The van der Waals surface area contributed by atoms with Crippen molar-refractivity contribution in [3.8, 4) is 0 Å². The molecule has 3 N–H and O–H groups in total. The highest BCUT2D eigenvalue weighted by atomic mass is 35.5. The summed E-state index contributed by atoms with van der Waals surface area (Å²) in [5.41, 5.74) is 1.19. The van der Waals surface area contributed by atoms with Crippen LogP contribution in [0.2, 0.25) is 0 Å². The monoisotopic (exact) mass is 379 g/mol. The first kappa shape index (κ1) is 19.4. The Labute approximate surface area is 157 Å². The molecule has 1 aliphatic heterocycles. The van der Waals surface area contributed by atoms with Gasteiger partial charge in [0.15, 0.2) is 0 Å². The van der Waals surface area contributed by atoms with E-state index in [9.17, 15) is 9.59 Å². The van der Waals surface area contributed by atoms with Crippen LogP contribution < -0.4 is 16.0 Å². The molecule has 134 valence electrons. The van der Waals surface area contributed by atoms with E-state index in [1.165, 1.54) is 11.3 Å². The Bertz CT molecular complexity index is 721. The molecule has 0 bridgehead atoms. The van der Waals surface area contributed by atoms with Gasteiger partial charge in [-0.15, -0.1) is 23.7 Å². The third-order valence-corrected chi connectivity index (χ3v) is 4.96. The lowest BCUT2D eigenvalue weighted by Crippen LogP contribution is -2.46. The van der Waals surface area contributed by atoms with E-state index in [-0.39, 0.29) is 30.3 Å².